The molecule has 0 unspecified atom stereocenters. The Morgan fingerprint density at radius 1 is 1.24 bits per heavy atom. The Morgan fingerprint density at radius 2 is 1.88 bits per heavy atom. The summed E-state index contributed by atoms with van der Waals surface area (Å²) in [5, 5.41) is -0.224. The smallest absolute Gasteiger partial charge is 0.423 e. The van der Waals surface area contributed by atoms with Crippen LogP contribution in [-0.4, -0.2) is 25.8 Å². The molecule has 2 aromatic heterocycles. The van der Waals surface area contributed by atoms with Gasteiger partial charge < -0.3 is 4.74 Å². The van der Waals surface area contributed by atoms with E-state index >= 15 is 0 Å². The number of aromatic nitrogens is 3. The predicted octanol–water partition coefficient (Wildman–Crippen LogP) is 3.76. The lowest BCUT2D eigenvalue weighted by molar-refractivity contribution is 0.0538. The second kappa shape index (κ2) is 6.00. The minimum absolute atomic E-state index is 0.224. The molecule has 0 atom stereocenters. The summed E-state index contributed by atoms with van der Waals surface area (Å²) in [6, 6.07) is 7.97. The fourth-order valence-electron chi connectivity index (χ4n) is 2.42. The lowest BCUT2D eigenvalue weighted by Gasteiger charge is -2.19. The Balaban J connectivity index is 2.28. The van der Waals surface area contributed by atoms with E-state index in [1.54, 1.807) is 45.0 Å². The van der Waals surface area contributed by atoms with Crippen LogP contribution in [0.3, 0.4) is 0 Å². The number of imidazole rings is 1. The molecule has 0 N–H and O–H groups in total. The molecule has 0 fully saturated rings. The van der Waals surface area contributed by atoms with E-state index in [1.807, 2.05) is 0 Å². The molecule has 3 aromatic rings. The third-order valence-corrected chi connectivity index (χ3v) is 3.63. The Hall–Kier alpha value is -2.67. The van der Waals surface area contributed by atoms with Crippen LogP contribution in [0.25, 0.3) is 16.7 Å². The Labute approximate surface area is 147 Å². The average molecular weight is 364 g/mol. The highest BCUT2D eigenvalue weighted by molar-refractivity contribution is 6.30. The molecule has 130 valence electrons. The molecule has 3 rings (SSSR count). The van der Waals surface area contributed by atoms with Gasteiger partial charge in [-0.15, -0.1) is 0 Å². The van der Waals surface area contributed by atoms with E-state index in [1.165, 1.54) is 16.8 Å². The van der Waals surface area contributed by atoms with Gasteiger partial charge in [-0.2, -0.15) is 8.96 Å². The number of rotatable bonds is 1. The lowest BCUT2D eigenvalue weighted by atomic mass is 10.2. The van der Waals surface area contributed by atoms with Gasteiger partial charge in [-0.3, -0.25) is 4.57 Å². The van der Waals surface area contributed by atoms with Crippen molar-refractivity contribution in [2.75, 3.05) is 0 Å². The quantitative estimate of drug-likeness (QED) is 0.617. The number of para-hydroxylation sites is 2. The summed E-state index contributed by atoms with van der Waals surface area (Å²) < 4.78 is 20.8. The minimum atomic E-state index is -0.839. The van der Waals surface area contributed by atoms with Crippen LogP contribution in [0.1, 0.15) is 20.8 Å². The van der Waals surface area contributed by atoms with Crippen molar-refractivity contribution in [3.63, 3.8) is 0 Å². The summed E-state index contributed by atoms with van der Waals surface area (Å²) in [7, 11) is 0. The summed E-state index contributed by atoms with van der Waals surface area (Å²) in [5.41, 5.74) is -0.361. The summed E-state index contributed by atoms with van der Waals surface area (Å²) in [6.07, 6.45) is 0.378. The van der Waals surface area contributed by atoms with Gasteiger partial charge in [0.05, 0.1) is 27.9 Å². The molecule has 25 heavy (non-hydrogen) atoms. The van der Waals surface area contributed by atoms with Gasteiger partial charge in [-0.1, -0.05) is 23.7 Å². The molecule has 1 aromatic carbocycles. The molecule has 2 heterocycles. The van der Waals surface area contributed by atoms with Gasteiger partial charge in [0.1, 0.15) is 5.60 Å². The van der Waals surface area contributed by atoms with E-state index in [0.29, 0.717) is 11.0 Å². The second-order valence-corrected chi connectivity index (χ2v) is 6.80. The molecule has 0 aliphatic rings. The maximum Gasteiger partial charge on any atom is 0.423 e. The number of fused-ring (bicyclic) bond motifs is 1. The van der Waals surface area contributed by atoms with Gasteiger partial charge >= 0.3 is 11.8 Å². The zero-order valence-electron chi connectivity index (χ0n) is 13.8. The van der Waals surface area contributed by atoms with Crippen LogP contribution in [0.2, 0.25) is 5.02 Å². The second-order valence-electron chi connectivity index (χ2n) is 6.39. The van der Waals surface area contributed by atoms with Crippen LogP contribution in [0.15, 0.2) is 41.3 Å². The summed E-state index contributed by atoms with van der Waals surface area (Å²) in [5.74, 6) is -0.839. The van der Waals surface area contributed by atoms with Gasteiger partial charge in [-0.05, 0) is 39.0 Å². The van der Waals surface area contributed by atoms with Crippen molar-refractivity contribution in [1.29, 1.82) is 0 Å². The SMILES string of the molecule is CC(C)(C)OC(=O)n1c(=O)n(-c2cnc(F)c(Cl)c2)c2ccccc21. The molecule has 0 saturated carbocycles. The van der Waals surface area contributed by atoms with Gasteiger partial charge in [0.2, 0.25) is 5.95 Å². The van der Waals surface area contributed by atoms with E-state index in [2.05, 4.69) is 4.98 Å². The Bertz CT molecular complexity index is 1030. The lowest BCUT2D eigenvalue weighted by Crippen LogP contribution is -2.34. The minimum Gasteiger partial charge on any atom is -0.443 e. The number of pyridine rings is 1. The normalized spacial score (nSPS) is 11.7. The number of nitrogens with zero attached hydrogens (tertiary/aromatic N) is 3. The van der Waals surface area contributed by atoms with E-state index < -0.39 is 23.3 Å². The van der Waals surface area contributed by atoms with Crippen LogP contribution in [-0.2, 0) is 4.74 Å². The molecule has 0 amide bonds. The molecule has 0 radical (unpaired) electrons. The summed E-state index contributed by atoms with van der Waals surface area (Å²) >= 11 is 5.77. The first kappa shape index (κ1) is 17.2. The van der Waals surface area contributed by atoms with Crippen molar-refractivity contribution in [3.05, 3.63) is 58.0 Å². The number of hydrogen-bond donors (Lipinski definition) is 0. The third-order valence-electron chi connectivity index (χ3n) is 3.36. The number of halogens is 2. The first-order chi connectivity index (χ1) is 11.7. The van der Waals surface area contributed by atoms with Gasteiger partial charge in [-0.25, -0.2) is 14.6 Å². The van der Waals surface area contributed by atoms with Gasteiger partial charge in [0, 0.05) is 0 Å². The molecule has 0 spiro atoms. The number of benzene rings is 1. The van der Waals surface area contributed by atoms with Crippen LogP contribution < -0.4 is 5.69 Å². The molecule has 0 aliphatic heterocycles. The van der Waals surface area contributed by atoms with E-state index in [-0.39, 0.29) is 10.7 Å². The van der Waals surface area contributed by atoms with Crippen LogP contribution in [0, 0.1) is 5.95 Å². The zero-order chi connectivity index (χ0) is 18.4. The summed E-state index contributed by atoms with van der Waals surface area (Å²) in [6.45, 7) is 5.12. The first-order valence-corrected chi connectivity index (χ1v) is 7.84. The Morgan fingerprint density at radius 3 is 2.48 bits per heavy atom. The van der Waals surface area contributed by atoms with Gasteiger partial charge in [0.25, 0.3) is 0 Å². The van der Waals surface area contributed by atoms with Crippen molar-refractivity contribution in [2.24, 2.45) is 0 Å². The summed E-state index contributed by atoms with van der Waals surface area (Å²) in [4.78, 5) is 28.9. The molecular formula is C17H15ClFN3O3. The standard InChI is InChI=1S/C17H15ClFN3O3/c1-17(2,3)25-16(24)22-13-7-5-4-6-12(13)21(15(22)23)10-8-11(18)14(19)20-9-10/h4-9H,1-3H3. The number of carbonyl (C=O) groups excluding carboxylic acids is 1. The van der Waals surface area contributed by atoms with Crippen molar-refractivity contribution < 1.29 is 13.9 Å². The molecule has 0 saturated heterocycles. The van der Waals surface area contributed by atoms with E-state index in [0.717, 1.165) is 4.57 Å². The average Bonchev–Trinajstić information content (AvgIpc) is 2.80. The number of carbonyl (C=O) groups is 1. The maximum atomic E-state index is 13.3. The highest BCUT2D eigenvalue weighted by atomic mass is 35.5. The van der Waals surface area contributed by atoms with Crippen LogP contribution in [0.4, 0.5) is 9.18 Å². The topological polar surface area (TPSA) is 66.1 Å². The van der Waals surface area contributed by atoms with E-state index in [9.17, 15) is 14.0 Å². The molecule has 6 nitrogen and oxygen atoms in total. The van der Waals surface area contributed by atoms with Crippen molar-refractivity contribution in [1.82, 2.24) is 14.1 Å². The van der Waals surface area contributed by atoms with E-state index in [4.69, 9.17) is 16.3 Å². The maximum absolute atomic E-state index is 13.3. The monoisotopic (exact) mass is 363 g/mol. The molecular weight excluding hydrogens is 349 g/mol. The number of ether oxygens (including phenoxy) is 1. The third kappa shape index (κ3) is 3.15. The van der Waals surface area contributed by atoms with Crippen LogP contribution in [0.5, 0.6) is 0 Å². The highest BCUT2D eigenvalue weighted by Gasteiger charge is 2.24. The van der Waals surface area contributed by atoms with Crippen molar-refractivity contribution >= 4 is 28.7 Å². The fraction of sp³-hybridized carbons (Fsp3) is 0.235. The van der Waals surface area contributed by atoms with Gasteiger partial charge in [0.15, 0.2) is 0 Å². The first-order valence-electron chi connectivity index (χ1n) is 7.46. The molecule has 0 aliphatic carbocycles. The predicted molar refractivity (Wildman–Crippen MR) is 91.9 cm³/mol. The highest BCUT2D eigenvalue weighted by Crippen LogP contribution is 2.21. The van der Waals surface area contributed by atoms with Crippen molar-refractivity contribution in [2.45, 2.75) is 26.4 Å². The van der Waals surface area contributed by atoms with Crippen LogP contribution >= 0.6 is 11.6 Å². The zero-order valence-corrected chi connectivity index (χ0v) is 14.5. The molecule has 0 bridgehead atoms. The van der Waals surface area contributed by atoms with Crippen molar-refractivity contribution in [3.8, 4) is 5.69 Å². The fourth-order valence-corrected chi connectivity index (χ4v) is 2.58. The largest absolute Gasteiger partial charge is 0.443 e. The number of hydrogen-bond acceptors (Lipinski definition) is 4. The molecule has 8 heteroatoms. The Kier molecular flexibility index (Phi) is 4.12.